The van der Waals surface area contributed by atoms with Gasteiger partial charge in [0.15, 0.2) is 0 Å². The first-order valence-corrected chi connectivity index (χ1v) is 16.1. The number of aromatic nitrogens is 8. The van der Waals surface area contributed by atoms with E-state index in [1.807, 2.05) is 25.4 Å². The molecule has 18 heteroatoms. The largest absolute Gasteiger partial charge is 0.439 e. The van der Waals surface area contributed by atoms with Crippen molar-refractivity contribution in [1.82, 2.24) is 39.5 Å². The zero-order valence-electron chi connectivity index (χ0n) is 28.4. The molecule has 54 heavy (non-hydrogen) atoms. The van der Waals surface area contributed by atoms with Crippen molar-refractivity contribution in [1.29, 1.82) is 0 Å². The van der Waals surface area contributed by atoms with Gasteiger partial charge in [-0.2, -0.15) is 23.4 Å². The Morgan fingerprint density at radius 2 is 1.31 bits per heavy atom. The minimum absolute atomic E-state index is 0.0310. The Kier molecular flexibility index (Phi) is 11.0. The van der Waals surface area contributed by atoms with E-state index >= 15 is 0 Å². The molecule has 0 radical (unpaired) electrons. The molecule has 0 fully saturated rings. The van der Waals surface area contributed by atoms with E-state index in [1.54, 1.807) is 83.5 Å². The first-order chi connectivity index (χ1) is 25.9. The SMILES string of the molecule is Cn1cc(-c2cc(Oc3cccc(N)c3)ncn2)cn1.Cn1cc(-c2cc(Oc3cccc(NC(=O)Nc4ccc(C(F)(F)F)cc4Cl)c3)ncn2)cn1. The van der Waals surface area contributed by atoms with E-state index in [0.717, 1.165) is 35.0 Å². The highest BCUT2D eigenvalue weighted by atomic mass is 35.5. The van der Waals surface area contributed by atoms with E-state index in [9.17, 15) is 18.0 Å². The number of carbonyl (C=O) groups excluding carboxylic acids is 1. The van der Waals surface area contributed by atoms with Crippen LogP contribution in [0.25, 0.3) is 22.5 Å². The molecule has 14 nitrogen and oxygen atoms in total. The Morgan fingerprint density at radius 1 is 0.741 bits per heavy atom. The smallest absolute Gasteiger partial charge is 0.416 e. The number of alkyl halides is 3. The van der Waals surface area contributed by atoms with E-state index in [1.165, 1.54) is 12.7 Å². The third-order valence-corrected chi connectivity index (χ3v) is 7.54. The van der Waals surface area contributed by atoms with Gasteiger partial charge < -0.3 is 25.8 Å². The third-order valence-electron chi connectivity index (χ3n) is 7.22. The van der Waals surface area contributed by atoms with Gasteiger partial charge in [-0.3, -0.25) is 9.36 Å². The van der Waals surface area contributed by atoms with Crippen LogP contribution < -0.4 is 25.8 Å². The van der Waals surface area contributed by atoms with Crippen LogP contribution in [0.4, 0.5) is 35.0 Å². The van der Waals surface area contributed by atoms with Gasteiger partial charge in [-0.15, -0.1) is 0 Å². The van der Waals surface area contributed by atoms with E-state index in [4.69, 9.17) is 26.8 Å². The lowest BCUT2D eigenvalue weighted by atomic mass is 10.2. The highest BCUT2D eigenvalue weighted by Crippen LogP contribution is 2.34. The topological polar surface area (TPSA) is 173 Å². The number of amides is 2. The van der Waals surface area contributed by atoms with Crippen molar-refractivity contribution in [3.63, 3.8) is 0 Å². The maximum atomic E-state index is 12.8. The molecule has 0 saturated carbocycles. The average Bonchev–Trinajstić information content (AvgIpc) is 3.77. The van der Waals surface area contributed by atoms with Crippen molar-refractivity contribution in [2.75, 3.05) is 16.4 Å². The number of nitrogen functional groups attached to an aromatic ring is 1. The first-order valence-electron chi connectivity index (χ1n) is 15.8. The highest BCUT2D eigenvalue weighted by Gasteiger charge is 2.31. The molecule has 0 saturated heterocycles. The second-order valence-electron chi connectivity index (χ2n) is 11.4. The van der Waals surface area contributed by atoms with Gasteiger partial charge in [0.1, 0.15) is 24.2 Å². The zero-order chi connectivity index (χ0) is 38.2. The minimum Gasteiger partial charge on any atom is -0.439 e. The third kappa shape index (κ3) is 9.86. The van der Waals surface area contributed by atoms with Gasteiger partial charge in [0.25, 0.3) is 0 Å². The summed E-state index contributed by atoms with van der Waals surface area (Å²) in [6.45, 7) is 0. The number of ether oxygens (including phenoxy) is 2. The molecule has 2 amide bonds. The molecule has 7 aromatic rings. The number of aryl methyl sites for hydroxylation is 2. The number of nitrogens with one attached hydrogen (secondary N) is 2. The van der Waals surface area contributed by atoms with Gasteiger partial charge in [0.05, 0.1) is 40.1 Å². The second-order valence-corrected chi connectivity index (χ2v) is 11.8. The summed E-state index contributed by atoms with van der Waals surface area (Å²) in [5.74, 6) is 1.78. The van der Waals surface area contributed by atoms with E-state index in [2.05, 4.69) is 40.8 Å². The van der Waals surface area contributed by atoms with Crippen LogP contribution in [-0.4, -0.2) is 45.5 Å². The Hall–Kier alpha value is -7.01. The number of nitrogens with two attached hydrogens (primary N) is 1. The summed E-state index contributed by atoms with van der Waals surface area (Å²) in [5.41, 5.74) is 8.93. The summed E-state index contributed by atoms with van der Waals surface area (Å²) in [7, 11) is 3.65. The number of rotatable bonds is 8. The highest BCUT2D eigenvalue weighted by molar-refractivity contribution is 6.33. The molecule has 0 spiro atoms. The number of hydrogen-bond donors (Lipinski definition) is 3. The van der Waals surface area contributed by atoms with Crippen LogP contribution in [0.15, 0.2) is 116 Å². The maximum Gasteiger partial charge on any atom is 0.416 e. The van der Waals surface area contributed by atoms with Gasteiger partial charge in [0, 0.05) is 73.3 Å². The zero-order valence-corrected chi connectivity index (χ0v) is 29.1. The fraction of sp³-hybridized carbons (Fsp3) is 0.0833. The Labute approximate surface area is 310 Å². The molecule has 3 aromatic carbocycles. The molecule has 0 aliphatic carbocycles. The van der Waals surface area contributed by atoms with Gasteiger partial charge in [-0.1, -0.05) is 23.7 Å². The number of carbonyl (C=O) groups is 1. The first kappa shape index (κ1) is 36.8. The Morgan fingerprint density at radius 3 is 1.83 bits per heavy atom. The molecule has 0 aliphatic rings. The predicted octanol–water partition coefficient (Wildman–Crippen LogP) is 8.24. The summed E-state index contributed by atoms with van der Waals surface area (Å²) in [6, 6.07) is 19.1. The van der Waals surface area contributed by atoms with E-state index in [-0.39, 0.29) is 16.6 Å². The van der Waals surface area contributed by atoms with Gasteiger partial charge in [-0.25, -0.2) is 24.7 Å². The van der Waals surface area contributed by atoms with Crippen LogP contribution in [0.3, 0.4) is 0 Å². The molecule has 0 unspecified atom stereocenters. The lowest BCUT2D eigenvalue weighted by Gasteiger charge is -2.12. The molecule has 0 bridgehead atoms. The number of urea groups is 1. The molecule has 4 heterocycles. The van der Waals surface area contributed by atoms with Crippen LogP contribution in [0, 0.1) is 0 Å². The van der Waals surface area contributed by atoms with Crippen LogP contribution in [-0.2, 0) is 20.3 Å². The van der Waals surface area contributed by atoms with Crippen molar-refractivity contribution in [2.45, 2.75) is 6.18 Å². The average molecular weight is 756 g/mol. The standard InChI is InChI=1S/C22H16ClF3N6O2.C14H13N5O/c1-32-11-13(10-29-32)19-9-20(28-12-27-19)34-16-4-2-3-15(8-16)30-21(33)31-18-6-5-14(7-17(18)23)22(24,25)26;1-19-8-10(7-18-19)13-6-14(17-9-16-13)20-12-4-2-3-11(15)5-12/h2-12H,1H3,(H2,30,31,33);2-9H,15H2,1H3. The van der Waals surface area contributed by atoms with Crippen LogP contribution in [0.2, 0.25) is 5.02 Å². The summed E-state index contributed by atoms with van der Waals surface area (Å²) in [6.07, 6.45) is 5.38. The van der Waals surface area contributed by atoms with Crippen molar-refractivity contribution in [3.8, 4) is 45.8 Å². The number of anilines is 3. The van der Waals surface area contributed by atoms with Crippen molar-refractivity contribution >= 4 is 34.7 Å². The Bertz CT molecular complexity index is 2400. The van der Waals surface area contributed by atoms with Crippen LogP contribution in [0.5, 0.6) is 23.3 Å². The molecule has 7 rings (SSSR count). The fourth-order valence-electron chi connectivity index (χ4n) is 4.75. The van der Waals surface area contributed by atoms with Crippen LogP contribution in [0.1, 0.15) is 5.56 Å². The number of halogens is 4. The molecule has 4 N–H and O–H groups in total. The monoisotopic (exact) mass is 755 g/mol. The van der Waals surface area contributed by atoms with Gasteiger partial charge in [0.2, 0.25) is 11.8 Å². The minimum atomic E-state index is -4.53. The maximum absolute atomic E-state index is 12.8. The van der Waals surface area contributed by atoms with E-state index in [0.29, 0.717) is 34.4 Å². The van der Waals surface area contributed by atoms with E-state index < -0.39 is 17.8 Å². The van der Waals surface area contributed by atoms with Crippen LogP contribution >= 0.6 is 11.6 Å². The molecule has 0 aliphatic heterocycles. The molecule has 4 aromatic heterocycles. The molecular weight excluding hydrogens is 727 g/mol. The van der Waals surface area contributed by atoms with Gasteiger partial charge >= 0.3 is 12.2 Å². The molecule has 0 atom stereocenters. The summed E-state index contributed by atoms with van der Waals surface area (Å²) >= 11 is 5.88. The normalized spacial score (nSPS) is 10.9. The summed E-state index contributed by atoms with van der Waals surface area (Å²) < 4.78 is 53.1. The van der Waals surface area contributed by atoms with Crippen molar-refractivity contribution < 1.29 is 27.4 Å². The number of nitrogens with zero attached hydrogens (tertiary/aromatic N) is 8. The van der Waals surface area contributed by atoms with Crippen molar-refractivity contribution in [3.05, 3.63) is 127 Å². The lowest BCUT2D eigenvalue weighted by molar-refractivity contribution is -0.137. The summed E-state index contributed by atoms with van der Waals surface area (Å²) in [5, 5.41) is 13.0. The lowest BCUT2D eigenvalue weighted by Crippen LogP contribution is -2.19. The quantitative estimate of drug-likeness (QED) is 0.128. The summed E-state index contributed by atoms with van der Waals surface area (Å²) in [4.78, 5) is 28.9. The second kappa shape index (κ2) is 16.1. The molecule has 274 valence electrons. The van der Waals surface area contributed by atoms with Gasteiger partial charge in [-0.05, 0) is 42.5 Å². The van der Waals surface area contributed by atoms with Crippen molar-refractivity contribution in [2.24, 2.45) is 14.1 Å². The fourth-order valence-corrected chi connectivity index (χ4v) is 4.98. The molecular formula is C36H29ClF3N11O3. The Balaban J connectivity index is 0.000000210. The number of hydrogen-bond acceptors (Lipinski definition) is 10. The predicted molar refractivity (Wildman–Crippen MR) is 195 cm³/mol. The number of benzene rings is 3.